The predicted molar refractivity (Wildman–Crippen MR) is 60.6 cm³/mol. The molecule has 0 bridgehead atoms. The normalized spacial score (nSPS) is 22.7. The van der Waals surface area contributed by atoms with E-state index in [1.807, 2.05) is 0 Å². The molecule has 1 aliphatic rings. The maximum Gasteiger partial charge on any atom is 0.0613 e. The summed E-state index contributed by atoms with van der Waals surface area (Å²) in [5.41, 5.74) is 0. The molecule has 1 saturated carbocycles. The Hall–Kier alpha value is -0.0800. The van der Waals surface area contributed by atoms with Crippen molar-refractivity contribution in [1.29, 1.82) is 0 Å². The maximum atomic E-state index is 5.14. The summed E-state index contributed by atoms with van der Waals surface area (Å²) in [5.74, 6) is 0. The van der Waals surface area contributed by atoms with Crippen molar-refractivity contribution in [3.05, 3.63) is 0 Å². The fourth-order valence-electron chi connectivity index (χ4n) is 2.32. The van der Waals surface area contributed by atoms with E-state index < -0.39 is 0 Å². The molecule has 0 aliphatic heterocycles. The van der Waals surface area contributed by atoms with Crippen LogP contribution in [0.4, 0.5) is 0 Å². The second-order valence-electron chi connectivity index (χ2n) is 4.57. The van der Waals surface area contributed by atoms with Crippen LogP contribution < -0.4 is 5.32 Å². The Balaban J connectivity index is 2.19. The van der Waals surface area contributed by atoms with Gasteiger partial charge in [-0.25, -0.2) is 0 Å². The summed E-state index contributed by atoms with van der Waals surface area (Å²) in [7, 11) is 1.77. The van der Waals surface area contributed by atoms with E-state index in [4.69, 9.17) is 4.74 Å². The summed E-state index contributed by atoms with van der Waals surface area (Å²) in [6.45, 7) is 3.04. The molecule has 14 heavy (non-hydrogen) atoms. The van der Waals surface area contributed by atoms with Gasteiger partial charge in [0.05, 0.1) is 6.61 Å². The van der Waals surface area contributed by atoms with Crippen molar-refractivity contribution in [2.24, 2.45) is 0 Å². The van der Waals surface area contributed by atoms with Gasteiger partial charge in [-0.3, -0.25) is 0 Å². The molecule has 0 unspecified atom stereocenters. The molecule has 0 radical (unpaired) electrons. The first kappa shape index (κ1) is 12.0. The Morgan fingerprint density at radius 3 is 2.29 bits per heavy atom. The second kappa shape index (κ2) is 7.24. The number of hydrogen-bond donors (Lipinski definition) is 1. The van der Waals surface area contributed by atoms with Crippen molar-refractivity contribution in [2.45, 2.75) is 64.0 Å². The molecule has 0 aromatic carbocycles. The van der Waals surface area contributed by atoms with Crippen molar-refractivity contribution in [2.75, 3.05) is 13.7 Å². The SMILES string of the molecule is COC[C@@H](C)NC1CCCCCCC1. The van der Waals surface area contributed by atoms with Crippen LogP contribution in [-0.4, -0.2) is 25.8 Å². The summed E-state index contributed by atoms with van der Waals surface area (Å²) in [6.07, 6.45) is 9.81. The van der Waals surface area contributed by atoms with Crippen LogP contribution in [0.2, 0.25) is 0 Å². The molecule has 84 valence electrons. The van der Waals surface area contributed by atoms with Crippen LogP contribution in [0.1, 0.15) is 51.9 Å². The van der Waals surface area contributed by atoms with Crippen LogP contribution in [-0.2, 0) is 4.74 Å². The highest BCUT2D eigenvalue weighted by Gasteiger charge is 2.13. The molecular weight excluding hydrogens is 174 g/mol. The van der Waals surface area contributed by atoms with Gasteiger partial charge in [0.2, 0.25) is 0 Å². The molecule has 1 fully saturated rings. The van der Waals surface area contributed by atoms with Gasteiger partial charge in [0.15, 0.2) is 0 Å². The van der Waals surface area contributed by atoms with Gasteiger partial charge in [0, 0.05) is 19.2 Å². The fourth-order valence-corrected chi connectivity index (χ4v) is 2.32. The quantitative estimate of drug-likeness (QED) is 0.751. The Kier molecular flexibility index (Phi) is 6.20. The predicted octanol–water partition coefficient (Wildman–Crippen LogP) is 2.72. The van der Waals surface area contributed by atoms with Crippen molar-refractivity contribution < 1.29 is 4.74 Å². The molecule has 0 spiro atoms. The van der Waals surface area contributed by atoms with E-state index in [1.54, 1.807) is 7.11 Å². The molecule has 1 N–H and O–H groups in total. The summed E-state index contributed by atoms with van der Waals surface area (Å²) < 4.78 is 5.14. The topological polar surface area (TPSA) is 21.3 Å². The minimum atomic E-state index is 0.504. The highest BCUT2D eigenvalue weighted by atomic mass is 16.5. The standard InChI is InChI=1S/C12H25NO/c1-11(10-14-2)13-12-8-6-4-3-5-7-9-12/h11-13H,3-10H2,1-2H3/t11-/m1/s1. The average molecular weight is 199 g/mol. The zero-order valence-corrected chi connectivity index (χ0v) is 9.72. The van der Waals surface area contributed by atoms with Crippen LogP contribution in [0.25, 0.3) is 0 Å². The third-order valence-corrected chi connectivity index (χ3v) is 3.04. The first-order chi connectivity index (χ1) is 6.83. The largest absolute Gasteiger partial charge is 0.383 e. The highest BCUT2D eigenvalue weighted by Crippen LogP contribution is 2.17. The Bertz CT molecular complexity index is 130. The molecule has 1 aliphatic carbocycles. The van der Waals surface area contributed by atoms with Crippen LogP contribution >= 0.6 is 0 Å². The lowest BCUT2D eigenvalue weighted by Crippen LogP contribution is -2.39. The number of hydrogen-bond acceptors (Lipinski definition) is 2. The van der Waals surface area contributed by atoms with Gasteiger partial charge in [-0.2, -0.15) is 0 Å². The lowest BCUT2D eigenvalue weighted by Gasteiger charge is -2.24. The number of rotatable bonds is 4. The van der Waals surface area contributed by atoms with E-state index in [-0.39, 0.29) is 0 Å². The van der Waals surface area contributed by atoms with E-state index in [1.165, 1.54) is 44.9 Å². The third-order valence-electron chi connectivity index (χ3n) is 3.04. The first-order valence-corrected chi connectivity index (χ1v) is 6.08. The van der Waals surface area contributed by atoms with E-state index >= 15 is 0 Å². The second-order valence-corrected chi connectivity index (χ2v) is 4.57. The van der Waals surface area contributed by atoms with Gasteiger partial charge in [0.25, 0.3) is 0 Å². The molecule has 2 heteroatoms. The van der Waals surface area contributed by atoms with E-state index in [0.29, 0.717) is 6.04 Å². The van der Waals surface area contributed by atoms with Crippen molar-refractivity contribution >= 4 is 0 Å². The lowest BCUT2D eigenvalue weighted by atomic mass is 9.96. The smallest absolute Gasteiger partial charge is 0.0613 e. The van der Waals surface area contributed by atoms with Gasteiger partial charge in [-0.05, 0) is 19.8 Å². The fraction of sp³-hybridized carbons (Fsp3) is 1.00. The number of ether oxygens (including phenoxy) is 1. The minimum Gasteiger partial charge on any atom is -0.383 e. The van der Waals surface area contributed by atoms with Crippen LogP contribution in [0, 0.1) is 0 Å². The molecule has 0 aromatic rings. The third kappa shape index (κ3) is 4.97. The molecule has 1 atom stereocenters. The zero-order valence-electron chi connectivity index (χ0n) is 9.72. The minimum absolute atomic E-state index is 0.504. The zero-order chi connectivity index (χ0) is 10.2. The lowest BCUT2D eigenvalue weighted by molar-refractivity contribution is 0.163. The van der Waals surface area contributed by atoms with Crippen molar-refractivity contribution in [1.82, 2.24) is 5.32 Å². The van der Waals surface area contributed by atoms with Crippen LogP contribution in [0.15, 0.2) is 0 Å². The monoisotopic (exact) mass is 199 g/mol. The Morgan fingerprint density at radius 2 is 1.71 bits per heavy atom. The summed E-state index contributed by atoms with van der Waals surface area (Å²) in [4.78, 5) is 0. The van der Waals surface area contributed by atoms with Gasteiger partial charge in [-0.1, -0.05) is 32.1 Å². The summed E-state index contributed by atoms with van der Waals surface area (Å²) in [5, 5.41) is 3.66. The van der Waals surface area contributed by atoms with Gasteiger partial charge < -0.3 is 10.1 Å². The highest BCUT2D eigenvalue weighted by molar-refractivity contribution is 4.73. The molecule has 0 saturated heterocycles. The molecule has 2 nitrogen and oxygen atoms in total. The average Bonchev–Trinajstić information content (AvgIpc) is 2.10. The molecule has 1 rings (SSSR count). The van der Waals surface area contributed by atoms with E-state index in [9.17, 15) is 0 Å². The Labute approximate surface area is 88.4 Å². The van der Waals surface area contributed by atoms with Crippen molar-refractivity contribution in [3.63, 3.8) is 0 Å². The van der Waals surface area contributed by atoms with Gasteiger partial charge in [0.1, 0.15) is 0 Å². The number of nitrogens with one attached hydrogen (secondary N) is 1. The van der Waals surface area contributed by atoms with Crippen LogP contribution in [0.5, 0.6) is 0 Å². The van der Waals surface area contributed by atoms with Gasteiger partial charge in [-0.15, -0.1) is 0 Å². The Morgan fingerprint density at radius 1 is 1.14 bits per heavy atom. The van der Waals surface area contributed by atoms with Crippen LogP contribution in [0.3, 0.4) is 0 Å². The van der Waals surface area contributed by atoms with Gasteiger partial charge >= 0.3 is 0 Å². The van der Waals surface area contributed by atoms with E-state index in [0.717, 1.165) is 12.6 Å². The molecule has 0 heterocycles. The maximum absolute atomic E-state index is 5.14. The van der Waals surface area contributed by atoms with E-state index in [2.05, 4.69) is 12.2 Å². The number of methoxy groups -OCH3 is 1. The molecule has 0 aromatic heterocycles. The van der Waals surface area contributed by atoms with Crippen molar-refractivity contribution in [3.8, 4) is 0 Å². The summed E-state index contributed by atoms with van der Waals surface area (Å²) in [6, 6.07) is 1.24. The molecular formula is C12H25NO. The summed E-state index contributed by atoms with van der Waals surface area (Å²) >= 11 is 0. The first-order valence-electron chi connectivity index (χ1n) is 6.08. The molecule has 0 amide bonds.